The number of ether oxygens (including phenoxy) is 6. The maximum atomic E-state index is 13.1. The fourth-order valence-electron chi connectivity index (χ4n) is 7.71. The summed E-state index contributed by atoms with van der Waals surface area (Å²) in [5, 5.41) is 119. The highest BCUT2D eigenvalue weighted by molar-refractivity contribution is 5.76. The summed E-state index contributed by atoms with van der Waals surface area (Å²) in [4.78, 5) is 13.1. The minimum atomic E-state index is -1.99. The van der Waals surface area contributed by atoms with Crippen molar-refractivity contribution in [3.8, 4) is 0 Å². The van der Waals surface area contributed by atoms with Crippen LogP contribution in [0.2, 0.25) is 0 Å². The molecule has 0 bridgehead atoms. The van der Waals surface area contributed by atoms with Gasteiger partial charge in [0, 0.05) is 6.42 Å². The molecule has 0 aromatic carbocycles. The van der Waals surface area contributed by atoms with Crippen LogP contribution < -0.4 is 5.32 Å². The monoisotopic (exact) mass is 972 g/mol. The van der Waals surface area contributed by atoms with E-state index in [1.807, 2.05) is 0 Å². The molecule has 12 N–H and O–H groups in total. The van der Waals surface area contributed by atoms with Crippen molar-refractivity contribution in [3.63, 3.8) is 0 Å². The Bertz CT molecular complexity index is 1540. The molecule has 3 aliphatic heterocycles. The lowest BCUT2D eigenvalue weighted by Gasteiger charge is -2.48. The Morgan fingerprint density at radius 3 is 1.56 bits per heavy atom. The van der Waals surface area contributed by atoms with Crippen LogP contribution in [-0.4, -0.2) is 193 Å². The Hall–Kier alpha value is -2.77. The van der Waals surface area contributed by atoms with Crippen LogP contribution in [0.15, 0.2) is 72.9 Å². The first-order valence-electron chi connectivity index (χ1n) is 24.2. The maximum absolute atomic E-state index is 13.1. The van der Waals surface area contributed by atoms with Crippen LogP contribution in [-0.2, 0) is 33.2 Å². The molecule has 0 spiro atoms. The molecule has 0 aliphatic carbocycles. The van der Waals surface area contributed by atoms with Gasteiger partial charge in [0.1, 0.15) is 73.2 Å². The second-order valence-electron chi connectivity index (χ2n) is 17.1. The fraction of sp³-hybridized carbons (Fsp3) is 0.735. The van der Waals surface area contributed by atoms with Crippen molar-refractivity contribution in [2.45, 2.75) is 202 Å². The first-order valence-corrected chi connectivity index (χ1v) is 24.2. The van der Waals surface area contributed by atoms with E-state index in [2.05, 4.69) is 79.9 Å². The lowest BCUT2D eigenvalue weighted by atomic mass is 9.96. The average Bonchev–Trinajstić information content (AvgIpc) is 3.33. The molecule has 390 valence electrons. The zero-order chi connectivity index (χ0) is 49.8. The molecule has 3 heterocycles. The quantitative estimate of drug-likeness (QED) is 0.0337. The van der Waals surface area contributed by atoms with Crippen molar-refractivity contribution in [2.75, 3.05) is 26.4 Å². The number of nitrogens with one attached hydrogen (secondary N) is 1. The first-order chi connectivity index (χ1) is 32.8. The maximum Gasteiger partial charge on any atom is 0.220 e. The summed E-state index contributed by atoms with van der Waals surface area (Å²) in [5.74, 6) is -0.328. The van der Waals surface area contributed by atoms with E-state index in [-0.39, 0.29) is 18.9 Å². The number of carbonyl (C=O) groups is 1. The van der Waals surface area contributed by atoms with Crippen LogP contribution in [0.5, 0.6) is 0 Å². The van der Waals surface area contributed by atoms with Crippen LogP contribution in [0.3, 0.4) is 0 Å². The Balaban J connectivity index is 1.60. The molecule has 68 heavy (non-hydrogen) atoms. The van der Waals surface area contributed by atoms with Gasteiger partial charge in [-0.15, -0.1) is 0 Å². The lowest BCUT2D eigenvalue weighted by molar-refractivity contribution is -0.379. The number of hydrogen-bond donors (Lipinski definition) is 12. The van der Waals surface area contributed by atoms with E-state index in [0.717, 1.165) is 64.2 Å². The first kappa shape index (κ1) is 59.5. The van der Waals surface area contributed by atoms with Gasteiger partial charge in [0.2, 0.25) is 5.91 Å². The van der Waals surface area contributed by atoms with Crippen LogP contribution in [0.4, 0.5) is 0 Å². The molecule has 17 unspecified atom stereocenters. The molecule has 19 heteroatoms. The molecule has 1 amide bonds. The van der Waals surface area contributed by atoms with Crippen LogP contribution in [0.1, 0.15) is 97.3 Å². The second-order valence-corrected chi connectivity index (χ2v) is 17.1. The standard InChI is InChI=1S/C49H81NO18/c1-3-5-7-9-11-13-15-16-17-19-21-23-25-27-37(55)50-32(33(54)26-24-22-20-18-14-12-10-8-6-4-2)31-63-47-43(61)40(58)45(35(29-52)65-47)68-49-44(62)41(59)46(36(30-53)66-49)67-48-42(60)39(57)38(56)34(28-51)64-48/h5-8,11,13-14,16-18,24,26,32-36,38-49,51-54,56-62H,3-4,9-10,12,15,19-23,25,27-31H2,1-2H3,(H,50,55)/b7-5-,8-6+,13-11-,17-16-,18-14+,26-24+. The van der Waals surface area contributed by atoms with E-state index in [9.17, 15) is 61.0 Å². The van der Waals surface area contributed by atoms with E-state index in [1.54, 1.807) is 12.2 Å². The molecule has 3 fully saturated rings. The number of allylic oxidation sites excluding steroid dienone is 11. The molecule has 0 radical (unpaired) electrons. The molecule has 0 aromatic rings. The number of unbranched alkanes of at least 4 members (excludes halogenated alkanes) is 5. The van der Waals surface area contributed by atoms with Crippen molar-refractivity contribution in [3.05, 3.63) is 72.9 Å². The summed E-state index contributed by atoms with van der Waals surface area (Å²) < 4.78 is 34.0. The van der Waals surface area contributed by atoms with E-state index in [0.29, 0.717) is 12.8 Å². The van der Waals surface area contributed by atoms with Gasteiger partial charge in [-0.25, -0.2) is 0 Å². The van der Waals surface area contributed by atoms with E-state index >= 15 is 0 Å². The third kappa shape index (κ3) is 19.8. The molecule has 3 aliphatic rings. The summed E-state index contributed by atoms with van der Waals surface area (Å²) in [6.07, 6.45) is 7.98. The van der Waals surface area contributed by atoms with Crippen LogP contribution in [0, 0.1) is 0 Å². The summed E-state index contributed by atoms with van der Waals surface area (Å²) in [7, 11) is 0. The highest BCUT2D eigenvalue weighted by Gasteiger charge is 2.53. The third-order valence-corrected chi connectivity index (χ3v) is 11.7. The van der Waals surface area contributed by atoms with Gasteiger partial charge in [-0.2, -0.15) is 0 Å². The zero-order valence-corrected chi connectivity index (χ0v) is 39.5. The van der Waals surface area contributed by atoms with Crippen molar-refractivity contribution in [1.82, 2.24) is 5.32 Å². The molecule has 3 saturated heterocycles. The van der Waals surface area contributed by atoms with Gasteiger partial charge in [0.25, 0.3) is 0 Å². The zero-order valence-electron chi connectivity index (χ0n) is 39.5. The minimum Gasteiger partial charge on any atom is -0.394 e. The summed E-state index contributed by atoms with van der Waals surface area (Å²) in [5.41, 5.74) is 0. The molecule has 17 atom stereocenters. The van der Waals surface area contributed by atoms with Gasteiger partial charge < -0.3 is 89.9 Å². The molecule has 0 aromatic heterocycles. The lowest BCUT2D eigenvalue weighted by Crippen LogP contribution is -2.66. The van der Waals surface area contributed by atoms with Gasteiger partial charge in [0.15, 0.2) is 18.9 Å². The van der Waals surface area contributed by atoms with Crippen molar-refractivity contribution < 1.29 is 89.4 Å². The summed E-state index contributed by atoms with van der Waals surface area (Å²) >= 11 is 0. The van der Waals surface area contributed by atoms with E-state index < -0.39 is 124 Å². The van der Waals surface area contributed by atoms with Gasteiger partial charge in [-0.3, -0.25) is 4.79 Å². The van der Waals surface area contributed by atoms with E-state index in [1.165, 1.54) is 0 Å². The Kier molecular flexibility index (Phi) is 29.5. The van der Waals surface area contributed by atoms with E-state index in [4.69, 9.17) is 28.4 Å². The third-order valence-electron chi connectivity index (χ3n) is 11.7. The summed E-state index contributed by atoms with van der Waals surface area (Å²) in [6, 6.07) is -1.01. The Morgan fingerprint density at radius 2 is 0.985 bits per heavy atom. The van der Waals surface area contributed by atoms with Gasteiger partial charge in [-0.05, 0) is 70.6 Å². The molecule has 0 saturated carbocycles. The smallest absolute Gasteiger partial charge is 0.220 e. The molecule has 3 rings (SSSR count). The number of aliphatic hydroxyl groups is 11. The van der Waals surface area contributed by atoms with Gasteiger partial charge >= 0.3 is 0 Å². The molecular weight excluding hydrogens is 891 g/mol. The number of rotatable bonds is 31. The number of carbonyl (C=O) groups excluding carboxylic acids is 1. The molecular formula is C49H81NO18. The van der Waals surface area contributed by atoms with Crippen LogP contribution in [0.25, 0.3) is 0 Å². The van der Waals surface area contributed by atoms with Crippen molar-refractivity contribution in [1.29, 1.82) is 0 Å². The summed E-state index contributed by atoms with van der Waals surface area (Å²) in [6.45, 7) is 1.35. The topological polar surface area (TPSA) is 307 Å². The highest BCUT2D eigenvalue weighted by atomic mass is 16.8. The largest absolute Gasteiger partial charge is 0.394 e. The predicted molar refractivity (Wildman–Crippen MR) is 249 cm³/mol. The van der Waals surface area contributed by atoms with Crippen LogP contribution >= 0.6 is 0 Å². The number of aliphatic hydroxyl groups excluding tert-OH is 11. The van der Waals surface area contributed by atoms with Crippen molar-refractivity contribution in [2.24, 2.45) is 0 Å². The Labute approximate surface area is 400 Å². The van der Waals surface area contributed by atoms with Crippen molar-refractivity contribution >= 4 is 5.91 Å². The Morgan fingerprint density at radius 1 is 0.529 bits per heavy atom. The van der Waals surface area contributed by atoms with Gasteiger partial charge in [0.05, 0.1) is 38.6 Å². The fourth-order valence-corrected chi connectivity index (χ4v) is 7.71. The second kappa shape index (κ2) is 33.7. The predicted octanol–water partition coefficient (Wildman–Crippen LogP) is 0.745. The number of hydrogen-bond acceptors (Lipinski definition) is 18. The van der Waals surface area contributed by atoms with Gasteiger partial charge in [-0.1, -0.05) is 93.2 Å². The normalized spacial score (nSPS) is 33.8. The average molecular weight is 972 g/mol. The molecule has 19 nitrogen and oxygen atoms in total. The minimum absolute atomic E-state index is 0.192. The SMILES string of the molecule is CC/C=C\C/C=C\C/C=C\CCCCCC(=O)NC(COC1OC(CO)C(OC2OC(CO)C(OC3OC(CO)C(O)C(O)C3O)C(O)C2O)C(O)C1O)C(O)/C=C/CC/C=C/CC/C=C/CC. The highest BCUT2D eigenvalue weighted by Crippen LogP contribution is 2.33. The number of amides is 1.